The maximum Gasteiger partial charge on any atom is 0.306 e. The van der Waals surface area contributed by atoms with Crippen LogP contribution in [0.2, 0.25) is 0 Å². The molecule has 2 aliphatic rings. The molecule has 0 aromatic heterocycles. The van der Waals surface area contributed by atoms with Gasteiger partial charge in [-0.3, -0.25) is 9.59 Å². The van der Waals surface area contributed by atoms with Gasteiger partial charge in [-0.2, -0.15) is 0 Å². The maximum atomic E-state index is 11.0. The van der Waals surface area contributed by atoms with E-state index in [4.69, 9.17) is 9.84 Å². The second-order valence-electron chi connectivity index (χ2n) is 6.69. The van der Waals surface area contributed by atoms with Crippen LogP contribution < -0.4 is 0 Å². The first-order valence-corrected chi connectivity index (χ1v) is 8.36. The molecule has 4 nitrogen and oxygen atoms in total. The molecule has 0 saturated heterocycles. The van der Waals surface area contributed by atoms with E-state index in [0.29, 0.717) is 12.5 Å². The highest BCUT2D eigenvalue weighted by Gasteiger charge is 2.40. The Bertz CT molecular complexity index is 317. The van der Waals surface area contributed by atoms with Gasteiger partial charge in [-0.1, -0.05) is 39.5 Å². The van der Waals surface area contributed by atoms with Gasteiger partial charge >= 0.3 is 11.9 Å². The topological polar surface area (TPSA) is 63.6 Å². The van der Waals surface area contributed by atoms with Crippen molar-refractivity contribution in [1.82, 2.24) is 0 Å². The van der Waals surface area contributed by atoms with E-state index in [9.17, 15) is 9.59 Å². The fraction of sp³-hybridized carbons (Fsp3) is 0.882. The first-order chi connectivity index (χ1) is 9.99. The normalized spacial score (nSPS) is 22.2. The van der Waals surface area contributed by atoms with Crippen LogP contribution in [0.5, 0.6) is 0 Å². The molecule has 0 heterocycles. The van der Waals surface area contributed by atoms with Crippen LogP contribution in [0.4, 0.5) is 0 Å². The van der Waals surface area contributed by atoms with E-state index in [0.717, 1.165) is 19.3 Å². The fourth-order valence-corrected chi connectivity index (χ4v) is 2.78. The molecule has 21 heavy (non-hydrogen) atoms. The first kappa shape index (κ1) is 18.0. The van der Waals surface area contributed by atoms with Gasteiger partial charge in [0, 0.05) is 0 Å². The van der Waals surface area contributed by atoms with Crippen LogP contribution in [0.25, 0.3) is 0 Å². The van der Waals surface area contributed by atoms with Gasteiger partial charge in [-0.05, 0) is 37.0 Å². The van der Waals surface area contributed by atoms with Crippen molar-refractivity contribution < 1.29 is 19.4 Å². The number of fused-ring (bicyclic) bond motifs is 1. The lowest BCUT2D eigenvalue weighted by atomic mass is 10.1. The van der Waals surface area contributed by atoms with Crippen LogP contribution in [0.3, 0.4) is 0 Å². The van der Waals surface area contributed by atoms with E-state index < -0.39 is 11.9 Å². The number of carboxylic acid groups (broad SMARTS) is 1. The molecule has 2 atom stereocenters. The zero-order chi connectivity index (χ0) is 15.7. The van der Waals surface area contributed by atoms with Gasteiger partial charge in [0.15, 0.2) is 0 Å². The summed E-state index contributed by atoms with van der Waals surface area (Å²) in [5.41, 5.74) is 0. The van der Waals surface area contributed by atoms with Gasteiger partial charge in [-0.15, -0.1) is 0 Å². The van der Waals surface area contributed by atoms with E-state index in [1.165, 1.54) is 18.3 Å². The number of rotatable bonds is 8. The number of esters is 1. The summed E-state index contributed by atoms with van der Waals surface area (Å²) in [7, 11) is 0. The van der Waals surface area contributed by atoms with Crippen molar-refractivity contribution in [3.05, 3.63) is 0 Å². The highest BCUT2D eigenvalue weighted by atomic mass is 16.5. The standard InChI is InChI=1S/C11H20O4.C6H10/c1-9(2)5-3-4-8-15-11(14)7-6-10(12)13;1-2-5-4-6(5)3-1/h9H,3-8H2,1-2H3,(H,12,13);5-6H,1-4H2. The summed E-state index contributed by atoms with van der Waals surface area (Å²) in [6, 6.07) is 0. The van der Waals surface area contributed by atoms with Gasteiger partial charge in [0.25, 0.3) is 0 Å². The van der Waals surface area contributed by atoms with Crippen LogP contribution in [0.15, 0.2) is 0 Å². The van der Waals surface area contributed by atoms with Gasteiger partial charge < -0.3 is 9.84 Å². The molecule has 0 aliphatic heterocycles. The lowest BCUT2D eigenvalue weighted by Crippen LogP contribution is -2.08. The second-order valence-corrected chi connectivity index (χ2v) is 6.69. The largest absolute Gasteiger partial charge is 0.481 e. The average molecular weight is 298 g/mol. The summed E-state index contributed by atoms with van der Waals surface area (Å²) < 4.78 is 4.87. The minimum absolute atomic E-state index is 0.0283. The lowest BCUT2D eigenvalue weighted by Gasteiger charge is -2.05. The number of hydrogen-bond donors (Lipinski definition) is 1. The fourth-order valence-electron chi connectivity index (χ4n) is 2.78. The van der Waals surface area contributed by atoms with Crippen molar-refractivity contribution in [3.8, 4) is 0 Å². The van der Waals surface area contributed by atoms with Gasteiger partial charge in [0.1, 0.15) is 0 Å². The lowest BCUT2D eigenvalue weighted by molar-refractivity contribution is -0.147. The molecular formula is C17H30O4. The number of unbranched alkanes of at least 4 members (excludes halogenated alkanes) is 1. The smallest absolute Gasteiger partial charge is 0.306 e. The number of ether oxygens (including phenoxy) is 1. The summed E-state index contributed by atoms with van der Waals surface area (Å²) in [5.74, 6) is 1.72. The number of aliphatic carboxylic acids is 1. The third kappa shape index (κ3) is 9.48. The van der Waals surface area contributed by atoms with Crippen molar-refractivity contribution >= 4 is 11.9 Å². The van der Waals surface area contributed by atoms with E-state index in [2.05, 4.69) is 13.8 Å². The van der Waals surface area contributed by atoms with Crippen molar-refractivity contribution in [2.24, 2.45) is 17.8 Å². The second kappa shape index (κ2) is 9.80. The van der Waals surface area contributed by atoms with E-state index in [1.54, 1.807) is 19.3 Å². The Morgan fingerprint density at radius 3 is 2.24 bits per heavy atom. The quantitative estimate of drug-likeness (QED) is 0.543. The van der Waals surface area contributed by atoms with Crippen LogP contribution in [-0.2, 0) is 14.3 Å². The molecule has 0 radical (unpaired) electrons. The predicted octanol–water partition coefficient (Wildman–Crippen LogP) is 4.03. The summed E-state index contributed by atoms with van der Waals surface area (Å²) >= 11 is 0. The first-order valence-electron chi connectivity index (χ1n) is 8.36. The molecule has 1 N–H and O–H groups in total. The molecule has 0 bridgehead atoms. The Balaban J connectivity index is 0.000000294. The summed E-state index contributed by atoms with van der Waals surface area (Å²) in [4.78, 5) is 21.1. The Kier molecular flexibility index (Phi) is 8.40. The van der Waals surface area contributed by atoms with Crippen molar-refractivity contribution in [2.45, 2.75) is 71.6 Å². The van der Waals surface area contributed by atoms with Crippen LogP contribution in [-0.4, -0.2) is 23.7 Å². The van der Waals surface area contributed by atoms with Gasteiger partial charge in [-0.25, -0.2) is 0 Å². The summed E-state index contributed by atoms with van der Waals surface area (Å²) in [6.45, 7) is 4.71. The van der Waals surface area contributed by atoms with Crippen LogP contribution >= 0.6 is 0 Å². The summed E-state index contributed by atoms with van der Waals surface area (Å²) in [6.07, 6.45) is 9.10. The molecule has 0 amide bonds. The highest BCUT2D eigenvalue weighted by molar-refractivity contribution is 5.76. The third-order valence-corrected chi connectivity index (χ3v) is 4.20. The van der Waals surface area contributed by atoms with Gasteiger partial charge in [0.2, 0.25) is 0 Å². The highest BCUT2D eigenvalue weighted by Crippen LogP contribution is 2.51. The Morgan fingerprint density at radius 2 is 1.81 bits per heavy atom. The van der Waals surface area contributed by atoms with Crippen LogP contribution in [0.1, 0.15) is 71.6 Å². The Hall–Kier alpha value is -1.06. The molecule has 2 aliphatic carbocycles. The number of carbonyl (C=O) groups is 2. The van der Waals surface area contributed by atoms with Crippen molar-refractivity contribution in [3.63, 3.8) is 0 Å². The van der Waals surface area contributed by atoms with Crippen molar-refractivity contribution in [1.29, 1.82) is 0 Å². The predicted molar refractivity (Wildman–Crippen MR) is 82.0 cm³/mol. The number of carboxylic acids is 1. The zero-order valence-corrected chi connectivity index (χ0v) is 13.5. The Labute approximate surface area is 128 Å². The third-order valence-electron chi connectivity index (χ3n) is 4.20. The molecule has 2 saturated carbocycles. The molecule has 4 heteroatoms. The Morgan fingerprint density at radius 1 is 1.14 bits per heavy atom. The molecule has 0 aromatic carbocycles. The average Bonchev–Trinajstić information content (AvgIpc) is 3.03. The molecule has 122 valence electrons. The van der Waals surface area contributed by atoms with Gasteiger partial charge in [0.05, 0.1) is 19.4 Å². The monoisotopic (exact) mass is 298 g/mol. The van der Waals surface area contributed by atoms with E-state index in [-0.39, 0.29) is 12.8 Å². The minimum atomic E-state index is -0.966. The SMILES string of the molecule is C1CC2CC2C1.CC(C)CCCCOC(=O)CCC(=O)O. The van der Waals surface area contributed by atoms with Crippen molar-refractivity contribution in [2.75, 3.05) is 6.61 Å². The molecule has 2 unspecified atom stereocenters. The summed E-state index contributed by atoms with van der Waals surface area (Å²) in [5, 5.41) is 8.33. The number of hydrogen-bond acceptors (Lipinski definition) is 3. The molecule has 2 rings (SSSR count). The van der Waals surface area contributed by atoms with Crippen LogP contribution in [0, 0.1) is 17.8 Å². The minimum Gasteiger partial charge on any atom is -0.481 e. The zero-order valence-electron chi connectivity index (χ0n) is 13.5. The molecular weight excluding hydrogens is 268 g/mol. The molecule has 2 fully saturated rings. The number of carbonyl (C=O) groups excluding carboxylic acids is 1. The van der Waals surface area contributed by atoms with E-state index in [1.807, 2.05) is 0 Å². The van der Waals surface area contributed by atoms with E-state index >= 15 is 0 Å². The molecule has 0 spiro atoms. The molecule has 0 aromatic rings. The maximum absolute atomic E-state index is 11.0.